The number of halogens is 7. The molecule has 0 radical (unpaired) electrons. The average molecular weight is 605 g/mol. The Morgan fingerprint density at radius 2 is 1.52 bits per heavy atom. The number of hydrogen-bond donors (Lipinski definition) is 0. The fourth-order valence-corrected chi connectivity index (χ4v) is 4.53. The van der Waals surface area contributed by atoms with E-state index in [0.717, 1.165) is 4.68 Å². The van der Waals surface area contributed by atoms with Crippen LogP contribution in [0.1, 0.15) is 43.3 Å². The topological polar surface area (TPSA) is 90.9 Å². The van der Waals surface area contributed by atoms with E-state index in [4.69, 9.17) is 16.1 Å². The SMILES string of the molecule is O=Cc1onc(-c2ccccc2Cl)c1C(=O)c1nnn(Cc2cc(C(F)(F)F)cc(C(F)(F)F)c2)c1-c1ccccc1. The average Bonchev–Trinajstić information content (AvgIpc) is 3.57. The molecule has 3 aromatic carbocycles. The van der Waals surface area contributed by atoms with Gasteiger partial charge >= 0.3 is 12.4 Å². The Bertz CT molecular complexity index is 1760. The maximum absolute atomic E-state index is 13.9. The molecular formula is C28H15ClF6N4O3. The summed E-state index contributed by atoms with van der Waals surface area (Å²) in [4.78, 5) is 25.7. The molecule has 0 saturated carbocycles. The minimum Gasteiger partial charge on any atom is -0.352 e. The monoisotopic (exact) mass is 604 g/mol. The van der Waals surface area contributed by atoms with Gasteiger partial charge in [0, 0.05) is 11.1 Å². The van der Waals surface area contributed by atoms with Gasteiger partial charge in [0.15, 0.2) is 12.0 Å². The molecule has 5 aromatic rings. The van der Waals surface area contributed by atoms with Crippen molar-refractivity contribution in [3.05, 3.63) is 112 Å². The molecule has 2 heterocycles. The van der Waals surface area contributed by atoms with Crippen LogP contribution in [0, 0.1) is 0 Å². The van der Waals surface area contributed by atoms with E-state index in [9.17, 15) is 35.9 Å². The second-order valence-electron chi connectivity index (χ2n) is 8.92. The molecule has 5 rings (SSSR count). The van der Waals surface area contributed by atoms with E-state index in [1.54, 1.807) is 42.5 Å². The normalized spacial score (nSPS) is 12.0. The van der Waals surface area contributed by atoms with Crippen molar-refractivity contribution >= 4 is 23.7 Å². The van der Waals surface area contributed by atoms with Crippen LogP contribution in [0.25, 0.3) is 22.5 Å². The Balaban J connectivity index is 1.67. The van der Waals surface area contributed by atoms with Crippen LogP contribution < -0.4 is 0 Å². The van der Waals surface area contributed by atoms with Crippen LogP contribution in [0.3, 0.4) is 0 Å². The summed E-state index contributed by atoms with van der Waals surface area (Å²) in [6.45, 7) is -0.612. The lowest BCUT2D eigenvalue weighted by Gasteiger charge is -2.15. The van der Waals surface area contributed by atoms with Crippen LogP contribution in [0.2, 0.25) is 5.02 Å². The van der Waals surface area contributed by atoms with Gasteiger partial charge in [0.25, 0.3) is 0 Å². The number of ketones is 1. The Kier molecular flexibility index (Phi) is 7.45. The standard InChI is InChI=1S/C28H15ClF6N4O3/c29-20-9-5-4-8-19(20)23-22(21(14-40)42-37-23)26(41)24-25(16-6-2-1-3-7-16)39(38-36-24)13-15-10-17(27(30,31)32)12-18(11-15)28(33,34)35/h1-12,14H,13H2. The van der Waals surface area contributed by atoms with Crippen molar-refractivity contribution in [2.75, 3.05) is 0 Å². The van der Waals surface area contributed by atoms with E-state index >= 15 is 0 Å². The lowest BCUT2D eigenvalue weighted by molar-refractivity contribution is -0.143. The molecule has 14 heteroatoms. The molecule has 0 amide bonds. The molecule has 0 fully saturated rings. The van der Waals surface area contributed by atoms with E-state index in [1.807, 2.05) is 0 Å². The molecule has 0 aliphatic heterocycles. The van der Waals surface area contributed by atoms with Crippen molar-refractivity contribution in [3.8, 4) is 22.5 Å². The van der Waals surface area contributed by atoms with Gasteiger partial charge in [-0.2, -0.15) is 26.3 Å². The molecule has 0 aliphatic rings. The minimum absolute atomic E-state index is 0.0149. The van der Waals surface area contributed by atoms with E-state index in [0.29, 0.717) is 17.7 Å². The molecule has 0 bridgehead atoms. The zero-order valence-electron chi connectivity index (χ0n) is 20.9. The van der Waals surface area contributed by atoms with Gasteiger partial charge in [0.2, 0.25) is 11.5 Å². The van der Waals surface area contributed by atoms with Gasteiger partial charge < -0.3 is 4.52 Å². The van der Waals surface area contributed by atoms with Gasteiger partial charge in [0.1, 0.15) is 17.0 Å². The second-order valence-corrected chi connectivity index (χ2v) is 9.33. The van der Waals surface area contributed by atoms with Crippen molar-refractivity contribution in [2.45, 2.75) is 18.9 Å². The molecular weight excluding hydrogens is 590 g/mol. The summed E-state index contributed by atoms with van der Waals surface area (Å²) >= 11 is 6.27. The van der Waals surface area contributed by atoms with Crippen molar-refractivity contribution in [1.82, 2.24) is 20.2 Å². The number of benzene rings is 3. The highest BCUT2D eigenvalue weighted by Crippen LogP contribution is 2.37. The highest BCUT2D eigenvalue weighted by molar-refractivity contribution is 6.33. The lowest BCUT2D eigenvalue weighted by Crippen LogP contribution is -2.14. The molecule has 0 spiro atoms. The minimum atomic E-state index is -5.06. The van der Waals surface area contributed by atoms with Crippen LogP contribution in [0.15, 0.2) is 77.3 Å². The predicted octanol–water partition coefficient (Wildman–Crippen LogP) is 7.38. The first kappa shape index (κ1) is 28.7. The summed E-state index contributed by atoms with van der Waals surface area (Å²) in [5.74, 6) is -1.34. The van der Waals surface area contributed by atoms with E-state index in [2.05, 4.69) is 15.5 Å². The van der Waals surface area contributed by atoms with Crippen LogP contribution in [0.4, 0.5) is 26.3 Å². The molecule has 0 atom stereocenters. The Morgan fingerprint density at radius 1 is 0.905 bits per heavy atom. The zero-order valence-corrected chi connectivity index (χ0v) is 21.6. The number of carbonyl (C=O) groups excluding carboxylic acids is 2. The number of aromatic nitrogens is 4. The van der Waals surface area contributed by atoms with Gasteiger partial charge in [-0.25, -0.2) is 4.68 Å². The van der Waals surface area contributed by atoms with Crippen molar-refractivity contribution in [1.29, 1.82) is 0 Å². The number of alkyl halides is 6. The molecule has 214 valence electrons. The number of hydrogen-bond acceptors (Lipinski definition) is 6. The molecule has 0 N–H and O–H groups in total. The van der Waals surface area contributed by atoms with Crippen LogP contribution >= 0.6 is 11.6 Å². The van der Waals surface area contributed by atoms with Gasteiger partial charge in [-0.3, -0.25) is 9.59 Å². The highest BCUT2D eigenvalue weighted by atomic mass is 35.5. The van der Waals surface area contributed by atoms with Crippen molar-refractivity contribution in [3.63, 3.8) is 0 Å². The summed E-state index contributed by atoms with van der Waals surface area (Å²) in [5.41, 5.74) is -3.60. The Morgan fingerprint density at radius 3 is 2.12 bits per heavy atom. The van der Waals surface area contributed by atoms with Crippen LogP contribution in [-0.4, -0.2) is 32.2 Å². The van der Waals surface area contributed by atoms with E-state index in [1.165, 1.54) is 12.1 Å². The third kappa shape index (κ3) is 5.55. The Hall–Kier alpha value is -4.78. The van der Waals surface area contributed by atoms with Crippen molar-refractivity contribution < 1.29 is 40.5 Å². The number of aldehydes is 1. The number of nitrogens with zero attached hydrogens (tertiary/aromatic N) is 4. The van der Waals surface area contributed by atoms with Gasteiger partial charge in [-0.05, 0) is 29.8 Å². The van der Waals surface area contributed by atoms with Crippen LogP contribution in [-0.2, 0) is 18.9 Å². The molecule has 0 saturated heterocycles. The molecule has 42 heavy (non-hydrogen) atoms. The smallest absolute Gasteiger partial charge is 0.352 e. The van der Waals surface area contributed by atoms with Gasteiger partial charge in [0.05, 0.1) is 22.7 Å². The predicted molar refractivity (Wildman–Crippen MR) is 137 cm³/mol. The third-order valence-corrected chi connectivity index (χ3v) is 6.49. The third-order valence-electron chi connectivity index (χ3n) is 6.16. The molecule has 2 aromatic heterocycles. The summed E-state index contributed by atoms with van der Waals surface area (Å²) in [7, 11) is 0. The fraction of sp³-hybridized carbons (Fsp3) is 0.107. The summed E-state index contributed by atoms with van der Waals surface area (Å²) < 4.78 is 86.9. The maximum atomic E-state index is 13.9. The second kappa shape index (κ2) is 10.9. The Labute approximate surface area is 237 Å². The van der Waals surface area contributed by atoms with Crippen LogP contribution in [0.5, 0.6) is 0 Å². The van der Waals surface area contributed by atoms with Gasteiger partial charge in [-0.15, -0.1) is 5.10 Å². The molecule has 0 aliphatic carbocycles. The van der Waals surface area contributed by atoms with Gasteiger partial charge in [-0.1, -0.05) is 70.5 Å². The fourth-order valence-electron chi connectivity index (χ4n) is 4.30. The lowest BCUT2D eigenvalue weighted by atomic mass is 9.98. The quantitative estimate of drug-likeness (QED) is 0.109. The largest absolute Gasteiger partial charge is 0.416 e. The summed E-state index contributed by atoms with van der Waals surface area (Å²) in [5, 5.41) is 11.8. The number of carbonyl (C=O) groups is 2. The maximum Gasteiger partial charge on any atom is 0.416 e. The summed E-state index contributed by atoms with van der Waals surface area (Å²) in [6.07, 6.45) is -9.86. The first-order valence-electron chi connectivity index (χ1n) is 11.9. The molecule has 0 unspecified atom stereocenters. The summed E-state index contributed by atoms with van der Waals surface area (Å²) in [6, 6.07) is 15.4. The first-order valence-corrected chi connectivity index (χ1v) is 12.3. The van der Waals surface area contributed by atoms with E-state index in [-0.39, 0.29) is 45.6 Å². The molecule has 7 nitrogen and oxygen atoms in total. The zero-order chi connectivity index (χ0) is 30.2. The first-order chi connectivity index (χ1) is 19.9. The van der Waals surface area contributed by atoms with Crippen molar-refractivity contribution in [2.24, 2.45) is 0 Å². The number of rotatable bonds is 7. The highest BCUT2D eigenvalue weighted by Gasteiger charge is 2.37. The van der Waals surface area contributed by atoms with E-state index < -0.39 is 47.1 Å².